The minimum absolute atomic E-state index is 0.00851. The number of carboxylic acid groups (broad SMARTS) is 2. The van der Waals surface area contributed by atoms with Crippen molar-refractivity contribution in [1.82, 2.24) is 63.5 Å². The maximum atomic E-state index is 15.0. The van der Waals surface area contributed by atoms with Crippen molar-refractivity contribution in [3.63, 3.8) is 0 Å². The number of hydrogen-bond donors (Lipinski definition) is 24. The largest absolute Gasteiger partial charge is 0.508 e. The number of amides is 11. The summed E-state index contributed by atoms with van der Waals surface area (Å²) in [6.07, 6.45) is 0.0125. The van der Waals surface area contributed by atoms with E-state index in [-0.39, 0.29) is 71.5 Å². The van der Waals surface area contributed by atoms with E-state index in [0.717, 1.165) is 0 Å². The number of para-hydroxylation sites is 1. The second-order valence-electron chi connectivity index (χ2n) is 26.6. The molecule has 0 aliphatic carbocycles. The zero-order chi connectivity index (χ0) is 84.0. The fraction of sp³-hybridized carbons (Fsp3) is 0.338. The third kappa shape index (κ3) is 28.2. The van der Waals surface area contributed by atoms with Crippen LogP contribution in [0, 0.1) is 0 Å². The first-order valence-electron chi connectivity index (χ1n) is 35.8. The summed E-state index contributed by atoms with van der Waals surface area (Å²) < 4.78 is 0. The van der Waals surface area contributed by atoms with Gasteiger partial charge in [0.2, 0.25) is 65.0 Å². The summed E-state index contributed by atoms with van der Waals surface area (Å²) in [6.45, 7) is -2.27. The van der Waals surface area contributed by atoms with Gasteiger partial charge in [0.15, 0.2) is 0 Å². The molecule has 38 heteroatoms. The predicted molar refractivity (Wildman–Crippen MR) is 425 cm³/mol. The number of phenolic OH excluding ortho intramolecular Hbond substituents is 5. The SMILES string of the molecule is CSCC[C@H](NC(=O)[C@H](CO)NC(=O)[C@H](Cc1ccc(O)cc1)NC(=O)[C@H](Cc1ccc(O)cc1)NC(=O)[C@H](Cc1ccc(O)cc1)NC(=O)[C@H](CO)NC(=O)[C@H](CS)NC(=O)[C@@H](N)Cc1ccc(O)cc1)C(=O)N[C@@H](CC(=O)O)C(=O)N[C@@H](Cc1ccc(O)cc1)C(=O)N[C@@H](CS)C(=O)N[C@@H](Cc1c[nH]c2ccccc12)C(=O)O. The molecule has 6 aromatic carbocycles. The zero-order valence-corrected chi connectivity index (χ0v) is 64.4. The molecular formula is C77H91N13O22S3. The lowest BCUT2D eigenvalue weighted by molar-refractivity contribution is -0.142. The van der Waals surface area contributed by atoms with Gasteiger partial charge in [-0.25, -0.2) is 4.79 Å². The van der Waals surface area contributed by atoms with Crippen molar-refractivity contribution in [2.45, 2.75) is 124 Å². The number of aliphatic hydroxyl groups excluding tert-OH is 2. The second kappa shape index (κ2) is 44.4. The molecule has 0 aliphatic rings. The van der Waals surface area contributed by atoms with Crippen LogP contribution in [-0.4, -0.2) is 237 Å². The van der Waals surface area contributed by atoms with Crippen LogP contribution in [0.4, 0.5) is 0 Å². The Morgan fingerprint density at radius 2 is 0.652 bits per heavy atom. The van der Waals surface area contributed by atoms with Gasteiger partial charge in [0.05, 0.1) is 25.7 Å². The number of nitrogens with two attached hydrogens (primary N) is 1. The van der Waals surface area contributed by atoms with Gasteiger partial charge in [0.1, 0.15) is 95.2 Å². The van der Waals surface area contributed by atoms with Crippen LogP contribution in [0.25, 0.3) is 10.9 Å². The van der Waals surface area contributed by atoms with Crippen molar-refractivity contribution in [2.75, 3.05) is 36.7 Å². The molecule has 7 rings (SSSR count). The van der Waals surface area contributed by atoms with Crippen LogP contribution < -0.4 is 64.2 Å². The van der Waals surface area contributed by atoms with Crippen LogP contribution in [0.1, 0.15) is 46.2 Å². The number of hydrogen-bond acceptors (Lipinski definition) is 24. The third-order valence-corrected chi connectivity index (χ3v) is 19.4. The van der Waals surface area contributed by atoms with Crippen molar-refractivity contribution >= 4 is 125 Å². The van der Waals surface area contributed by atoms with E-state index in [4.69, 9.17) is 5.73 Å². The number of rotatable bonds is 44. The number of thioether (sulfide) groups is 1. The number of thiol groups is 2. The average molecular weight is 1650 g/mol. The molecule has 0 saturated heterocycles. The van der Waals surface area contributed by atoms with Crippen LogP contribution in [-0.2, 0) is 101 Å². The fourth-order valence-corrected chi connectivity index (χ4v) is 12.7. The van der Waals surface area contributed by atoms with Crippen molar-refractivity contribution in [3.8, 4) is 28.7 Å². The van der Waals surface area contributed by atoms with E-state index < -0.39 is 194 Å². The number of carbonyl (C=O) groups is 13. The first-order chi connectivity index (χ1) is 54.9. The van der Waals surface area contributed by atoms with E-state index in [1.54, 1.807) is 36.7 Å². The van der Waals surface area contributed by atoms with E-state index in [2.05, 4.69) is 88.7 Å². The zero-order valence-electron chi connectivity index (χ0n) is 61.8. The number of aliphatic carboxylic acids is 2. The summed E-state index contributed by atoms with van der Waals surface area (Å²) in [5.74, 6) is -16.6. The van der Waals surface area contributed by atoms with Gasteiger partial charge in [-0.1, -0.05) is 78.9 Å². The lowest BCUT2D eigenvalue weighted by Crippen LogP contribution is -2.62. The number of carbonyl (C=O) groups excluding carboxylic acids is 11. The van der Waals surface area contributed by atoms with Crippen LogP contribution >= 0.6 is 37.0 Å². The lowest BCUT2D eigenvalue weighted by atomic mass is 10.0. The Kier molecular flexibility index (Phi) is 34.8. The molecule has 1 aromatic heterocycles. The van der Waals surface area contributed by atoms with Gasteiger partial charge in [-0.15, -0.1) is 0 Å². The van der Waals surface area contributed by atoms with Crippen LogP contribution in [0.2, 0.25) is 0 Å². The van der Waals surface area contributed by atoms with Crippen LogP contribution in [0.5, 0.6) is 28.7 Å². The highest BCUT2D eigenvalue weighted by Gasteiger charge is 2.38. The smallest absolute Gasteiger partial charge is 0.326 e. The highest BCUT2D eigenvalue weighted by Crippen LogP contribution is 2.22. The molecular weight excluding hydrogens is 1560 g/mol. The maximum absolute atomic E-state index is 15.0. The normalized spacial score (nSPS) is 14.2. The topological polar surface area (TPSA) is 578 Å². The van der Waals surface area contributed by atoms with Gasteiger partial charge < -0.3 is 115 Å². The van der Waals surface area contributed by atoms with Gasteiger partial charge in [0, 0.05) is 60.7 Å². The predicted octanol–water partition coefficient (Wildman–Crippen LogP) is -1.73. The summed E-state index contributed by atoms with van der Waals surface area (Å²) >= 11 is 9.60. The van der Waals surface area contributed by atoms with Gasteiger partial charge in [-0.3, -0.25) is 57.5 Å². The number of aromatic nitrogens is 1. The monoisotopic (exact) mass is 1650 g/mol. The Bertz CT molecular complexity index is 4530. The molecule has 7 aromatic rings. The van der Waals surface area contributed by atoms with E-state index in [1.807, 2.05) is 0 Å². The number of fused-ring (bicyclic) bond motifs is 1. The Morgan fingerprint density at radius 1 is 0.365 bits per heavy atom. The molecule has 12 atom stereocenters. The molecule has 0 fully saturated rings. The molecule has 35 nitrogen and oxygen atoms in total. The number of carboxylic acids is 2. The van der Waals surface area contributed by atoms with Crippen LogP contribution in [0.3, 0.4) is 0 Å². The molecule has 0 spiro atoms. The Balaban J connectivity index is 1.08. The highest BCUT2D eigenvalue weighted by molar-refractivity contribution is 7.98. The first-order valence-corrected chi connectivity index (χ1v) is 38.4. The molecule has 614 valence electrons. The summed E-state index contributed by atoms with van der Waals surface area (Å²) in [4.78, 5) is 185. The van der Waals surface area contributed by atoms with Crippen molar-refractivity contribution in [3.05, 3.63) is 185 Å². The molecule has 11 amide bonds. The Morgan fingerprint density at radius 3 is 1.00 bits per heavy atom. The molecule has 0 radical (unpaired) electrons. The number of aromatic amines is 1. The van der Waals surface area contributed by atoms with Gasteiger partial charge >= 0.3 is 11.9 Å². The number of aromatic hydroxyl groups is 5. The molecule has 0 bridgehead atoms. The molecule has 115 heavy (non-hydrogen) atoms. The number of nitrogens with one attached hydrogen (secondary N) is 12. The first kappa shape index (κ1) is 90.1. The van der Waals surface area contributed by atoms with Crippen molar-refractivity contribution in [1.29, 1.82) is 0 Å². The summed E-state index contributed by atoms with van der Waals surface area (Å²) in [7, 11) is 0. The van der Waals surface area contributed by atoms with E-state index in [1.165, 1.54) is 133 Å². The second-order valence-corrected chi connectivity index (χ2v) is 28.4. The number of H-pyrrole nitrogens is 1. The highest BCUT2D eigenvalue weighted by atomic mass is 32.2. The lowest BCUT2D eigenvalue weighted by Gasteiger charge is -2.28. The molecule has 0 aliphatic heterocycles. The van der Waals surface area contributed by atoms with Gasteiger partial charge in [-0.2, -0.15) is 37.0 Å². The summed E-state index contributed by atoms with van der Waals surface area (Å²) in [6, 6.07) is 14.1. The standard InChI is InChI=1S/C77H91N13O22S3/c1-115-27-26-54(67(101)85-59(34-65(98)99)72(106)83-58(32-44-14-24-50(97)25-15-44)71(105)90-64(39-114)75(109)86-60(77(111)112)33-45-35-79-53-5-3-2-4-51(45)53)80-73(107)61(36-91)87-70(104)57(31-43-12-22-49(96)23-13-43)82-68(102)55(29-41-8-18-47(94)19-9-41)81-69(103)56(30-42-10-20-48(95)21-11-42)84-74(108)62(37-92)88-76(110)63(38-113)89-66(100)52(78)28-40-6-16-46(93)17-7-40/h2-25,35,52,54-64,79,91-97,113-114H,26-34,36-39,78H2,1H3,(H,80,107)(H,81,103)(H,82,102)(H,83,106)(H,84,108)(H,85,101)(H,86,109)(H,87,104)(H,88,110)(H,89,100)(H,90,105)(H,98,99)(H,111,112)/t52-,54-,55-,56-,57-,58-,59-,60-,61-,62-,63-,64-/m0/s1. The number of phenols is 5. The van der Waals surface area contributed by atoms with Gasteiger partial charge in [-0.05, 0) is 125 Å². The minimum Gasteiger partial charge on any atom is -0.508 e. The number of benzene rings is 6. The molecule has 23 N–H and O–H groups in total. The third-order valence-electron chi connectivity index (χ3n) is 18.0. The quantitative estimate of drug-likeness (QED) is 0.0189. The van der Waals surface area contributed by atoms with E-state index >= 15 is 0 Å². The molecule has 0 saturated carbocycles. The van der Waals surface area contributed by atoms with Crippen molar-refractivity contribution < 1.29 is 108 Å². The summed E-state index contributed by atoms with van der Waals surface area (Å²) in [5, 5.41) is 119. The average Bonchev–Trinajstić information content (AvgIpc) is 1.72. The van der Waals surface area contributed by atoms with E-state index in [9.17, 15) is 108 Å². The Labute approximate surface area is 673 Å². The van der Waals surface area contributed by atoms with E-state index in [0.29, 0.717) is 38.7 Å². The molecule has 0 unspecified atom stereocenters. The number of aliphatic hydroxyl groups is 2. The van der Waals surface area contributed by atoms with Gasteiger partial charge in [0.25, 0.3) is 0 Å². The summed E-state index contributed by atoms with van der Waals surface area (Å²) in [5.41, 5.74) is 9.16. The minimum atomic E-state index is -2.03. The molecule has 1 heterocycles. The van der Waals surface area contributed by atoms with Crippen LogP contribution in [0.15, 0.2) is 152 Å². The van der Waals surface area contributed by atoms with Crippen molar-refractivity contribution in [2.24, 2.45) is 5.73 Å². The fourth-order valence-electron chi connectivity index (χ4n) is 11.7. The Hall–Kier alpha value is -12.1. The maximum Gasteiger partial charge on any atom is 0.326 e.